The van der Waals surface area contributed by atoms with E-state index in [1.807, 2.05) is 57.1 Å². The van der Waals surface area contributed by atoms with Gasteiger partial charge in [0, 0.05) is 24.6 Å². The number of hydrogen-bond acceptors (Lipinski definition) is 4. The van der Waals surface area contributed by atoms with Crippen molar-refractivity contribution >= 4 is 23.5 Å². The van der Waals surface area contributed by atoms with Crippen LogP contribution in [0, 0.1) is 0 Å². The van der Waals surface area contributed by atoms with Crippen molar-refractivity contribution in [3.63, 3.8) is 0 Å². The van der Waals surface area contributed by atoms with Gasteiger partial charge >= 0.3 is 0 Å². The van der Waals surface area contributed by atoms with E-state index < -0.39 is 5.54 Å². The molecule has 1 rings (SSSR count). The summed E-state index contributed by atoms with van der Waals surface area (Å²) in [6, 6.07) is 7.45. The molecule has 0 fully saturated rings. The number of carbonyl (C=O) groups is 2. The van der Waals surface area contributed by atoms with Gasteiger partial charge in [-0.05, 0) is 40.1 Å². The molecule has 0 aromatic heterocycles. The molecule has 0 heterocycles. The lowest BCUT2D eigenvalue weighted by atomic mass is 9.92. The molecular formula is C16H24N2O2S. The highest BCUT2D eigenvalue weighted by Crippen LogP contribution is 2.22. The van der Waals surface area contributed by atoms with Gasteiger partial charge in [0.15, 0.2) is 5.78 Å². The van der Waals surface area contributed by atoms with E-state index in [9.17, 15) is 9.59 Å². The molecule has 0 spiro atoms. The lowest BCUT2D eigenvalue weighted by Gasteiger charge is -2.30. The first-order chi connectivity index (χ1) is 9.66. The maximum absolute atomic E-state index is 12.5. The monoisotopic (exact) mass is 308 g/mol. The number of Topliss-reactive ketones (excluding diaryl/α,β-unsaturated/α-hetero) is 1. The van der Waals surface area contributed by atoms with Crippen LogP contribution in [0.3, 0.4) is 0 Å². The van der Waals surface area contributed by atoms with E-state index >= 15 is 0 Å². The van der Waals surface area contributed by atoms with Crippen molar-refractivity contribution in [3.05, 3.63) is 29.8 Å². The van der Waals surface area contributed by atoms with Crippen LogP contribution in [0.5, 0.6) is 0 Å². The molecule has 0 atom stereocenters. The Bertz CT molecular complexity index is 508. The summed E-state index contributed by atoms with van der Waals surface area (Å²) in [6.07, 6.45) is 0. The Morgan fingerprint density at radius 2 is 1.57 bits per heavy atom. The molecule has 1 aromatic rings. The van der Waals surface area contributed by atoms with Gasteiger partial charge in [0.1, 0.15) is 0 Å². The molecule has 0 aliphatic rings. The molecule has 0 unspecified atom stereocenters. The zero-order valence-electron chi connectivity index (χ0n) is 13.6. The molecule has 0 aliphatic carbocycles. The second-order valence-corrected chi connectivity index (χ2v) is 6.93. The van der Waals surface area contributed by atoms with Gasteiger partial charge in [0.2, 0.25) is 5.91 Å². The van der Waals surface area contributed by atoms with Crippen LogP contribution in [0.2, 0.25) is 0 Å². The minimum Gasteiger partial charge on any atom is -0.348 e. The standard InChI is InChI=1S/C16H24N2O2S/c1-16(2,18(5)6)15(20)12-7-9-13(10-8-12)21-11-14(19)17(3)4/h7-10H,11H2,1-6H3. The average molecular weight is 308 g/mol. The number of carbonyl (C=O) groups excluding carboxylic acids is 2. The smallest absolute Gasteiger partial charge is 0.232 e. The predicted molar refractivity (Wildman–Crippen MR) is 88.0 cm³/mol. The van der Waals surface area contributed by atoms with Crippen molar-refractivity contribution in [2.45, 2.75) is 24.3 Å². The van der Waals surface area contributed by atoms with Crippen LogP contribution in [0.15, 0.2) is 29.2 Å². The number of hydrogen-bond donors (Lipinski definition) is 0. The fourth-order valence-corrected chi connectivity index (χ4v) is 2.41. The van der Waals surface area contributed by atoms with Crippen molar-refractivity contribution in [2.24, 2.45) is 0 Å². The van der Waals surface area contributed by atoms with Crippen LogP contribution in [0.1, 0.15) is 24.2 Å². The molecule has 21 heavy (non-hydrogen) atoms. The summed E-state index contributed by atoms with van der Waals surface area (Å²) in [4.78, 5) is 28.5. The number of likely N-dealkylation sites (N-methyl/N-ethyl adjacent to an activating group) is 1. The minimum absolute atomic E-state index is 0.0777. The lowest BCUT2D eigenvalue weighted by Crippen LogP contribution is -2.45. The predicted octanol–water partition coefficient (Wildman–Crippen LogP) is 2.39. The largest absolute Gasteiger partial charge is 0.348 e. The van der Waals surface area contributed by atoms with Gasteiger partial charge in [-0.1, -0.05) is 12.1 Å². The third kappa shape index (κ3) is 4.58. The molecule has 5 heteroatoms. The van der Waals surface area contributed by atoms with Gasteiger partial charge < -0.3 is 4.90 Å². The van der Waals surface area contributed by atoms with Gasteiger partial charge in [-0.2, -0.15) is 0 Å². The summed E-state index contributed by atoms with van der Waals surface area (Å²) in [7, 11) is 7.28. The van der Waals surface area contributed by atoms with E-state index in [0.717, 1.165) is 4.90 Å². The molecule has 0 N–H and O–H groups in total. The van der Waals surface area contributed by atoms with Crippen molar-refractivity contribution in [1.82, 2.24) is 9.80 Å². The molecule has 1 aromatic carbocycles. The highest BCUT2D eigenvalue weighted by atomic mass is 32.2. The Kier molecular flexibility index (Phi) is 5.98. The fourth-order valence-electron chi connectivity index (χ4n) is 1.53. The normalized spacial score (nSPS) is 11.6. The number of nitrogens with zero attached hydrogens (tertiary/aromatic N) is 2. The third-order valence-electron chi connectivity index (χ3n) is 3.65. The zero-order valence-corrected chi connectivity index (χ0v) is 14.5. The lowest BCUT2D eigenvalue weighted by molar-refractivity contribution is -0.125. The topological polar surface area (TPSA) is 40.6 Å². The van der Waals surface area contributed by atoms with Gasteiger partial charge in [-0.15, -0.1) is 11.8 Å². The van der Waals surface area contributed by atoms with E-state index in [1.165, 1.54) is 11.8 Å². The molecule has 4 nitrogen and oxygen atoms in total. The number of ketones is 1. The Hall–Kier alpha value is -1.33. The highest BCUT2D eigenvalue weighted by molar-refractivity contribution is 8.00. The molecule has 1 amide bonds. The summed E-state index contributed by atoms with van der Waals surface area (Å²) in [6.45, 7) is 3.82. The molecule has 0 radical (unpaired) electrons. The molecule has 0 saturated heterocycles. The van der Waals surface area contributed by atoms with Crippen molar-refractivity contribution in [3.8, 4) is 0 Å². The Morgan fingerprint density at radius 3 is 2.00 bits per heavy atom. The summed E-state index contributed by atoms with van der Waals surface area (Å²) >= 11 is 1.48. The Balaban J connectivity index is 2.75. The van der Waals surface area contributed by atoms with Crippen LogP contribution >= 0.6 is 11.8 Å². The zero-order chi connectivity index (χ0) is 16.2. The Morgan fingerprint density at radius 1 is 1.05 bits per heavy atom. The van der Waals surface area contributed by atoms with Gasteiger partial charge in [0.05, 0.1) is 11.3 Å². The highest BCUT2D eigenvalue weighted by Gasteiger charge is 2.30. The van der Waals surface area contributed by atoms with E-state index in [4.69, 9.17) is 0 Å². The molecular weight excluding hydrogens is 284 g/mol. The maximum atomic E-state index is 12.5. The van der Waals surface area contributed by atoms with E-state index in [-0.39, 0.29) is 11.7 Å². The summed E-state index contributed by atoms with van der Waals surface area (Å²) in [5.41, 5.74) is 0.159. The third-order valence-corrected chi connectivity index (χ3v) is 4.65. The van der Waals surface area contributed by atoms with E-state index in [2.05, 4.69) is 0 Å². The van der Waals surface area contributed by atoms with Gasteiger partial charge in [-0.3, -0.25) is 14.5 Å². The van der Waals surface area contributed by atoms with Crippen LogP contribution in [0.4, 0.5) is 0 Å². The van der Waals surface area contributed by atoms with Gasteiger partial charge in [0.25, 0.3) is 0 Å². The maximum Gasteiger partial charge on any atom is 0.232 e. The molecule has 0 saturated carbocycles. The van der Waals surface area contributed by atoms with Gasteiger partial charge in [-0.25, -0.2) is 0 Å². The minimum atomic E-state index is -0.532. The average Bonchev–Trinajstić information content (AvgIpc) is 2.44. The molecule has 0 aliphatic heterocycles. The summed E-state index contributed by atoms with van der Waals surface area (Å²) in [5, 5.41) is 0. The van der Waals surface area contributed by atoms with E-state index in [0.29, 0.717) is 11.3 Å². The fraction of sp³-hybridized carbons (Fsp3) is 0.500. The number of rotatable bonds is 6. The molecule has 0 bridgehead atoms. The van der Waals surface area contributed by atoms with Crippen molar-refractivity contribution < 1.29 is 9.59 Å². The first-order valence-corrected chi connectivity index (χ1v) is 7.80. The van der Waals surface area contributed by atoms with E-state index in [1.54, 1.807) is 19.0 Å². The Labute approximate surface area is 131 Å². The van der Waals surface area contributed by atoms with Crippen LogP contribution in [0.25, 0.3) is 0 Å². The number of amides is 1. The number of benzene rings is 1. The van der Waals surface area contributed by atoms with Crippen LogP contribution < -0.4 is 0 Å². The SMILES string of the molecule is CN(C)C(=O)CSc1ccc(C(=O)C(C)(C)N(C)C)cc1. The number of thioether (sulfide) groups is 1. The summed E-state index contributed by atoms with van der Waals surface area (Å²) in [5.74, 6) is 0.575. The van der Waals surface area contributed by atoms with Crippen molar-refractivity contribution in [1.29, 1.82) is 0 Å². The first kappa shape index (κ1) is 17.7. The van der Waals surface area contributed by atoms with Crippen molar-refractivity contribution in [2.75, 3.05) is 33.9 Å². The first-order valence-electron chi connectivity index (χ1n) is 6.81. The van der Waals surface area contributed by atoms with Crippen LogP contribution in [-0.2, 0) is 4.79 Å². The quantitative estimate of drug-likeness (QED) is 0.598. The second-order valence-electron chi connectivity index (χ2n) is 5.88. The second kappa shape index (κ2) is 7.09. The molecule has 116 valence electrons. The summed E-state index contributed by atoms with van der Waals surface area (Å²) < 4.78 is 0. The van der Waals surface area contributed by atoms with Crippen LogP contribution in [-0.4, -0.2) is 61.0 Å².